The number of rotatable bonds is 43. The topological polar surface area (TPSA) is 382 Å². The maximum atomic E-state index is 13.4. The van der Waals surface area contributed by atoms with Crippen molar-refractivity contribution < 1.29 is 65.9 Å². The van der Waals surface area contributed by atoms with Gasteiger partial charge in [0.2, 0.25) is 5.91 Å². The van der Waals surface area contributed by atoms with E-state index in [0.717, 1.165) is 122 Å². The van der Waals surface area contributed by atoms with Gasteiger partial charge in [-0.2, -0.15) is 10.2 Å². The lowest BCUT2D eigenvalue weighted by Gasteiger charge is -2.27. The van der Waals surface area contributed by atoms with E-state index in [1.54, 1.807) is 36.0 Å². The smallest absolute Gasteiger partial charge is 0.331 e. The Labute approximate surface area is 804 Å². The zero-order valence-corrected chi connectivity index (χ0v) is 83.2. The molecule has 1 fully saturated rings. The Hall–Kier alpha value is -12.5. The summed E-state index contributed by atoms with van der Waals surface area (Å²) in [6.07, 6.45) is 4.90. The summed E-state index contributed by atoms with van der Waals surface area (Å²) in [6.45, 7) is 23.0. The number of ketones is 2. The predicted molar refractivity (Wildman–Crippen MR) is 538 cm³/mol. The van der Waals surface area contributed by atoms with Gasteiger partial charge in [0, 0.05) is 156 Å². The first-order chi connectivity index (χ1) is 65.7. The second-order valence-electron chi connectivity index (χ2n) is 37.3. The molecule has 14 rings (SSSR count). The number of anilines is 2. The number of aliphatic hydroxyl groups is 1. The van der Waals surface area contributed by atoms with E-state index in [0.29, 0.717) is 69.8 Å². The predicted octanol–water partition coefficient (Wildman–Crippen LogP) is 13.7. The van der Waals surface area contributed by atoms with Crippen molar-refractivity contribution in [2.45, 2.75) is 154 Å². The molecule has 726 valence electrons. The molecular weight excluding hydrogens is 1770 g/mol. The van der Waals surface area contributed by atoms with Crippen molar-refractivity contribution >= 4 is 109 Å². The minimum absolute atomic E-state index is 0.0215. The Balaban J connectivity index is 0.000000232. The van der Waals surface area contributed by atoms with Gasteiger partial charge >= 0.3 is 29.2 Å². The Bertz CT molecular complexity index is 5950. The van der Waals surface area contributed by atoms with Crippen molar-refractivity contribution in [2.75, 3.05) is 132 Å². The van der Waals surface area contributed by atoms with Gasteiger partial charge in [0.1, 0.15) is 41.6 Å². The molecule has 34 heteroatoms. The second-order valence-corrected chi connectivity index (χ2v) is 44.0. The highest BCUT2D eigenvalue weighted by atomic mass is 28.4. The second kappa shape index (κ2) is 47.0. The van der Waals surface area contributed by atoms with Crippen LogP contribution in [0.2, 0.25) is 26.2 Å². The molecule has 9 N–H and O–H groups in total. The van der Waals surface area contributed by atoms with Crippen LogP contribution in [0.25, 0.3) is 44.6 Å². The molecule has 137 heavy (non-hydrogen) atoms. The third-order valence-electron chi connectivity index (χ3n) is 24.7. The minimum atomic E-state index is -2.59. The van der Waals surface area contributed by atoms with Crippen molar-refractivity contribution in [1.29, 1.82) is 0 Å². The number of aryl methyl sites for hydroxylation is 1. The number of hydrogen-bond donors (Lipinski definition) is 8. The number of Topliss-reactive ketones (excluding diaryl/α,β-unsaturated/α-hetero) is 2. The number of hydrazone groups is 2. The molecule has 0 spiro atoms. The molecule has 6 aromatic carbocycles. The van der Waals surface area contributed by atoms with E-state index in [4.69, 9.17) is 48.3 Å². The van der Waals surface area contributed by atoms with Crippen molar-refractivity contribution in [3.8, 4) is 28.3 Å². The van der Waals surface area contributed by atoms with Gasteiger partial charge in [0.15, 0.2) is 5.78 Å². The number of likely N-dealkylation sites (N-methyl/N-ethyl adjacent to an activating group) is 2. The fourth-order valence-corrected chi connectivity index (χ4v) is 20.1. The van der Waals surface area contributed by atoms with Gasteiger partial charge in [-0.1, -0.05) is 111 Å². The molecule has 0 saturated heterocycles. The lowest BCUT2D eigenvalue weighted by Crippen LogP contribution is -2.54. The number of amides is 8. The normalized spacial score (nSPS) is 16.3. The van der Waals surface area contributed by atoms with Crippen LogP contribution in [0.4, 0.5) is 21.0 Å². The molecule has 4 aromatic heterocycles. The summed E-state index contributed by atoms with van der Waals surface area (Å²) in [5.41, 5.74) is 23.6. The number of nitrogens with zero attached hydrogens (tertiary/aromatic N) is 11. The summed E-state index contributed by atoms with van der Waals surface area (Å²) in [6, 6.07) is 53.0. The molecule has 7 heterocycles. The van der Waals surface area contributed by atoms with Gasteiger partial charge in [-0.15, -0.1) is 0 Å². The Morgan fingerprint density at radius 3 is 1.56 bits per heavy atom. The number of aromatic amines is 2. The molecule has 4 aliphatic rings. The molecule has 6 atom stereocenters. The van der Waals surface area contributed by atoms with Gasteiger partial charge in [-0.05, 0) is 236 Å². The van der Waals surface area contributed by atoms with Crippen LogP contribution in [0.1, 0.15) is 144 Å². The fraction of sp³-hybridized carbons (Fsp3) is 0.417. The van der Waals surface area contributed by atoms with Crippen LogP contribution in [-0.4, -0.2) is 281 Å². The maximum absolute atomic E-state index is 13.4. The molecular formula is C103H132N18O14Si2. The van der Waals surface area contributed by atoms with Crippen LogP contribution in [0.3, 0.4) is 0 Å². The highest BCUT2D eigenvalue weighted by molar-refractivity contribution is 6.65. The highest BCUT2D eigenvalue weighted by Crippen LogP contribution is 2.40. The van der Waals surface area contributed by atoms with Crippen LogP contribution in [0, 0.1) is 5.92 Å². The van der Waals surface area contributed by atoms with E-state index >= 15 is 0 Å². The van der Waals surface area contributed by atoms with Gasteiger partial charge in [-0.25, -0.2) is 19.6 Å². The summed E-state index contributed by atoms with van der Waals surface area (Å²) < 4.78 is 30.3. The Kier molecular flexibility index (Phi) is 35.0. The number of hydrogen-bond acceptors (Lipinski definition) is 23. The minimum Gasteiger partial charge on any atom is -0.490 e. The van der Waals surface area contributed by atoms with Crippen LogP contribution in [0.5, 0.6) is 5.75 Å². The van der Waals surface area contributed by atoms with E-state index in [-0.39, 0.29) is 104 Å². The number of carbonyl (C=O) groups excluding carboxylic acids is 8. The molecule has 10 aromatic rings. The van der Waals surface area contributed by atoms with Crippen molar-refractivity contribution in [3.63, 3.8) is 0 Å². The highest BCUT2D eigenvalue weighted by Gasteiger charge is 2.46. The number of H-pyrrole nitrogens is 2. The van der Waals surface area contributed by atoms with E-state index in [1.165, 1.54) is 22.8 Å². The number of pyridine rings is 2. The number of aliphatic hydroxyl groups excluding tert-OH is 1. The van der Waals surface area contributed by atoms with Crippen LogP contribution in [-0.2, 0) is 56.4 Å². The number of fused-ring (bicyclic) bond motifs is 3. The molecule has 0 bridgehead atoms. The standard InChI is InChI=1S/C53H74N10O6Si.C50H58N8O8Si/c1-9-63-35-44(42-25-26-55-50-43(42)33-46(58-50)40-18-13-17-38(32-40)34-61(4)5)48(60-63)39-20-22-41(23-21-39)57-53(67)62(6)28-14-29-68-70(7,8)69-30-27-56-51(65)47(31-36(2)3)59-52(66)49(64)45(54)24-19-37-15-11-10-12-16-37;1-7-57-31-40(37-21-22-51-47-39(37)29-41(53-47)34-12-8-11-32(27-34)30-55(2)3)46(54-57)33-15-17-35(18-16-33)52-50(63)56(4)23-10-24-65-67(5,6)66-26-25-64-44-14-9-13-38-45(44)49(62)58(48(38)61)42-20-19-36(59)28-43(42)60/h10-13,15-18,20-23,25-26,32-33,36,44-45,47,49,64H,9,14,19,24,27-31,34-35,54H2,1-8H3,(H,55,58)(H,56,65)(H,57,67)(H,59,66);8-9,11-18,21-22,27,29,40,42H,7,10,19-20,23-26,28,30-31H2,1-6H3,(H,51,53)(H,52,63). The molecule has 0 radical (unpaired) electrons. The maximum Gasteiger partial charge on any atom is 0.331 e. The van der Waals surface area contributed by atoms with Crippen LogP contribution >= 0.6 is 0 Å². The Morgan fingerprint density at radius 1 is 0.569 bits per heavy atom. The summed E-state index contributed by atoms with van der Waals surface area (Å²) >= 11 is 0. The van der Waals surface area contributed by atoms with Crippen molar-refractivity contribution in [1.82, 2.24) is 65.1 Å². The number of carbonyl (C=O) groups is 8. The number of imide groups is 1. The van der Waals surface area contributed by atoms with Gasteiger partial charge in [0.05, 0.1) is 48.2 Å². The number of urea groups is 2. The van der Waals surface area contributed by atoms with Gasteiger partial charge in [0.25, 0.3) is 17.7 Å². The lowest BCUT2D eigenvalue weighted by atomic mass is 9.89. The van der Waals surface area contributed by atoms with Crippen LogP contribution in [0.15, 0.2) is 192 Å². The third kappa shape index (κ3) is 27.1. The number of nitrogens with one attached hydrogen (secondary N) is 6. The summed E-state index contributed by atoms with van der Waals surface area (Å²) in [7, 11) is 6.62. The molecule has 8 amide bonds. The van der Waals surface area contributed by atoms with Gasteiger partial charge < -0.3 is 84.1 Å². The zero-order chi connectivity index (χ0) is 97.8. The number of nitrogens with two attached hydrogens (primary N) is 1. The molecule has 1 aliphatic carbocycles. The summed E-state index contributed by atoms with van der Waals surface area (Å²) in [5.74, 6) is -2.41. The SMILES string of the molecule is CCN1CC(c2ccnc3[nH]c(-c4cccc(CN(C)C)c4)cc23)C(c2ccc(NC(=O)N(C)CCCO[Si](C)(C)OCCNC(=O)C(CC(C)C)NC(=O)C(O)C(N)CCc3ccccc3)cc2)=N1.CCN1CC(c2ccnc3[nH]c(-c4cccc(CN(C)C)c4)cc23)C(c2ccc(NC(=O)N(C)CCCO[Si](C)(C)OCCOc3cccc4c3C(=O)N(C3CCC(=O)CC3=O)C4=O)cc2)=N1. The number of benzene rings is 6. The molecule has 1 saturated carbocycles. The average molecular weight is 1900 g/mol. The number of aromatic nitrogens is 4. The first kappa shape index (κ1) is 102. The average Bonchev–Trinajstić information content (AvgIpc) is 1.60. The first-order valence-corrected chi connectivity index (χ1v) is 53.0. The van der Waals surface area contributed by atoms with Gasteiger partial charge in [-0.3, -0.25) is 43.7 Å². The van der Waals surface area contributed by atoms with Crippen LogP contribution < -0.4 is 31.7 Å². The zero-order valence-electron chi connectivity index (χ0n) is 81.2. The van der Waals surface area contributed by atoms with E-state index < -0.39 is 64.9 Å². The third-order valence-corrected chi connectivity index (χ3v) is 28.3. The van der Waals surface area contributed by atoms with Crippen molar-refractivity contribution in [2.24, 2.45) is 21.9 Å². The summed E-state index contributed by atoms with van der Waals surface area (Å²) in [5, 5.41) is 38.7. The largest absolute Gasteiger partial charge is 0.490 e. The Morgan fingerprint density at radius 2 is 1.07 bits per heavy atom. The molecule has 32 nitrogen and oxygen atoms in total. The molecule has 6 unspecified atom stereocenters. The first-order valence-electron chi connectivity index (χ1n) is 47.3. The van der Waals surface area contributed by atoms with E-state index in [2.05, 4.69) is 166 Å². The summed E-state index contributed by atoms with van der Waals surface area (Å²) in [4.78, 5) is 129. The quantitative estimate of drug-likeness (QED) is 0.00761. The number of ether oxygens (including phenoxy) is 1. The van der Waals surface area contributed by atoms with Crippen molar-refractivity contribution in [3.05, 3.63) is 232 Å². The molecule has 3 aliphatic heterocycles. The fourth-order valence-electron chi connectivity index (χ4n) is 17.5. The van der Waals surface area contributed by atoms with E-state index in [1.807, 2.05) is 131 Å². The van der Waals surface area contributed by atoms with E-state index in [9.17, 15) is 43.5 Å². The monoisotopic (exact) mass is 1900 g/mol. The lowest BCUT2D eigenvalue weighted by molar-refractivity contribution is -0.135.